The van der Waals surface area contributed by atoms with Gasteiger partial charge in [-0.05, 0) is 38.3 Å². The Morgan fingerprint density at radius 1 is 1.26 bits per heavy atom. The van der Waals surface area contributed by atoms with Crippen LogP contribution in [0.1, 0.15) is 42.0 Å². The first-order valence-corrected chi connectivity index (χ1v) is 7.98. The molecule has 1 heterocycles. The molecule has 0 bridgehead atoms. The third-order valence-electron chi connectivity index (χ3n) is 3.76. The van der Waals surface area contributed by atoms with E-state index in [0.29, 0.717) is 23.6 Å². The molecule has 2 N–H and O–H groups in total. The molecular formula is C18H25N3O2. The summed E-state index contributed by atoms with van der Waals surface area (Å²) in [6.07, 6.45) is 0.144. The van der Waals surface area contributed by atoms with Crippen molar-refractivity contribution in [2.24, 2.45) is 5.92 Å². The molecule has 5 nitrogen and oxygen atoms in total. The SMILES string of the molecule is Cc1nn(-c2ccccc2)c(C)c1C(=O)NCC(O)CC(C)C. The van der Waals surface area contributed by atoms with Crippen LogP contribution in [-0.2, 0) is 0 Å². The van der Waals surface area contributed by atoms with Gasteiger partial charge in [-0.15, -0.1) is 0 Å². The van der Waals surface area contributed by atoms with Crippen molar-refractivity contribution in [3.63, 3.8) is 0 Å². The van der Waals surface area contributed by atoms with E-state index in [4.69, 9.17) is 0 Å². The minimum atomic E-state index is -0.524. The maximum atomic E-state index is 12.4. The molecule has 23 heavy (non-hydrogen) atoms. The third-order valence-corrected chi connectivity index (χ3v) is 3.76. The Bertz CT molecular complexity index is 662. The van der Waals surface area contributed by atoms with Crippen LogP contribution in [0.4, 0.5) is 0 Å². The van der Waals surface area contributed by atoms with E-state index in [1.165, 1.54) is 0 Å². The fraction of sp³-hybridized carbons (Fsp3) is 0.444. The molecule has 124 valence electrons. The Balaban J connectivity index is 2.14. The highest BCUT2D eigenvalue weighted by Gasteiger charge is 2.20. The van der Waals surface area contributed by atoms with Crippen LogP contribution in [0.25, 0.3) is 5.69 Å². The number of hydrogen-bond acceptors (Lipinski definition) is 3. The van der Waals surface area contributed by atoms with E-state index < -0.39 is 6.10 Å². The lowest BCUT2D eigenvalue weighted by Crippen LogP contribution is -2.33. The molecule has 5 heteroatoms. The van der Waals surface area contributed by atoms with Crippen molar-refractivity contribution in [3.8, 4) is 5.69 Å². The molecular weight excluding hydrogens is 290 g/mol. The van der Waals surface area contributed by atoms with E-state index in [1.807, 2.05) is 58.0 Å². The number of nitrogens with one attached hydrogen (secondary N) is 1. The summed E-state index contributed by atoms with van der Waals surface area (Å²) in [5.41, 5.74) is 2.98. The highest BCUT2D eigenvalue weighted by Crippen LogP contribution is 2.17. The second kappa shape index (κ2) is 7.42. The molecule has 2 rings (SSSR count). The van der Waals surface area contributed by atoms with Gasteiger partial charge in [0.25, 0.3) is 5.91 Å². The van der Waals surface area contributed by atoms with E-state index in [-0.39, 0.29) is 12.5 Å². The first-order valence-electron chi connectivity index (χ1n) is 7.98. The molecule has 1 aromatic carbocycles. The number of amides is 1. The maximum Gasteiger partial charge on any atom is 0.255 e. The summed E-state index contributed by atoms with van der Waals surface area (Å²) in [6.45, 7) is 8.05. The molecule has 2 aromatic rings. The summed E-state index contributed by atoms with van der Waals surface area (Å²) in [4.78, 5) is 12.4. The van der Waals surface area contributed by atoms with Crippen LogP contribution in [-0.4, -0.2) is 33.4 Å². The van der Waals surface area contributed by atoms with Gasteiger partial charge in [0.2, 0.25) is 0 Å². The number of aliphatic hydroxyl groups excluding tert-OH is 1. The van der Waals surface area contributed by atoms with Crippen LogP contribution in [0.2, 0.25) is 0 Å². The molecule has 1 amide bonds. The summed E-state index contributed by atoms with van der Waals surface area (Å²) >= 11 is 0. The van der Waals surface area contributed by atoms with E-state index in [1.54, 1.807) is 4.68 Å². The normalized spacial score (nSPS) is 12.4. The number of carbonyl (C=O) groups is 1. The average molecular weight is 315 g/mol. The number of rotatable bonds is 6. The second-order valence-electron chi connectivity index (χ2n) is 6.29. The van der Waals surface area contributed by atoms with Crippen LogP contribution >= 0.6 is 0 Å². The highest BCUT2D eigenvalue weighted by atomic mass is 16.3. The fourth-order valence-corrected chi connectivity index (χ4v) is 2.72. The van der Waals surface area contributed by atoms with Gasteiger partial charge in [-0.25, -0.2) is 4.68 Å². The van der Waals surface area contributed by atoms with Crippen LogP contribution in [0, 0.1) is 19.8 Å². The molecule has 0 saturated heterocycles. The van der Waals surface area contributed by atoms with Crippen molar-refractivity contribution in [1.82, 2.24) is 15.1 Å². The standard InChI is InChI=1S/C18H25N3O2/c1-12(2)10-16(22)11-19-18(23)17-13(3)20-21(14(17)4)15-8-6-5-7-9-15/h5-9,12,16,22H,10-11H2,1-4H3,(H,19,23). The Kier molecular flexibility index (Phi) is 5.55. The predicted octanol–water partition coefficient (Wildman–Crippen LogP) is 2.63. The Hall–Kier alpha value is -2.14. The van der Waals surface area contributed by atoms with Crippen molar-refractivity contribution in [2.45, 2.75) is 40.2 Å². The number of carbonyl (C=O) groups excluding carboxylic acids is 1. The van der Waals surface area contributed by atoms with E-state index in [9.17, 15) is 9.90 Å². The van der Waals surface area contributed by atoms with Crippen molar-refractivity contribution >= 4 is 5.91 Å². The summed E-state index contributed by atoms with van der Waals surface area (Å²) < 4.78 is 1.77. The van der Waals surface area contributed by atoms with Crippen LogP contribution < -0.4 is 5.32 Å². The van der Waals surface area contributed by atoms with Crippen LogP contribution in [0.5, 0.6) is 0 Å². The number of aliphatic hydroxyl groups is 1. The summed E-state index contributed by atoms with van der Waals surface area (Å²) in [5, 5.41) is 17.2. The maximum absolute atomic E-state index is 12.4. The van der Waals surface area contributed by atoms with Gasteiger partial charge in [0.15, 0.2) is 0 Å². The summed E-state index contributed by atoms with van der Waals surface area (Å²) in [6, 6.07) is 9.72. The second-order valence-corrected chi connectivity index (χ2v) is 6.29. The molecule has 0 aliphatic heterocycles. The van der Waals surface area contributed by atoms with E-state index >= 15 is 0 Å². The number of aromatic nitrogens is 2. The first-order chi connectivity index (χ1) is 10.9. The molecule has 0 aliphatic rings. The predicted molar refractivity (Wildman–Crippen MR) is 90.8 cm³/mol. The number of aryl methyl sites for hydroxylation is 1. The molecule has 0 spiro atoms. The highest BCUT2D eigenvalue weighted by molar-refractivity contribution is 5.96. The lowest BCUT2D eigenvalue weighted by atomic mass is 10.1. The van der Waals surface area contributed by atoms with Crippen molar-refractivity contribution in [2.75, 3.05) is 6.54 Å². The Morgan fingerprint density at radius 2 is 1.91 bits per heavy atom. The van der Waals surface area contributed by atoms with Crippen molar-refractivity contribution in [3.05, 3.63) is 47.3 Å². The lowest BCUT2D eigenvalue weighted by molar-refractivity contribution is 0.0899. The van der Waals surface area contributed by atoms with Gasteiger partial charge in [-0.3, -0.25) is 4.79 Å². The summed E-state index contributed by atoms with van der Waals surface area (Å²) in [5.74, 6) is 0.205. The zero-order valence-electron chi connectivity index (χ0n) is 14.2. The third kappa shape index (κ3) is 4.20. The van der Waals surface area contributed by atoms with E-state index in [0.717, 1.165) is 11.4 Å². The first kappa shape index (κ1) is 17.2. The topological polar surface area (TPSA) is 67.2 Å². The van der Waals surface area contributed by atoms with Gasteiger partial charge in [0.1, 0.15) is 0 Å². The Morgan fingerprint density at radius 3 is 2.52 bits per heavy atom. The largest absolute Gasteiger partial charge is 0.391 e. The van der Waals surface area contributed by atoms with Gasteiger partial charge < -0.3 is 10.4 Å². The minimum absolute atomic E-state index is 0.190. The van der Waals surface area contributed by atoms with Gasteiger partial charge in [-0.1, -0.05) is 32.0 Å². The van der Waals surface area contributed by atoms with Crippen LogP contribution in [0.3, 0.4) is 0 Å². The van der Waals surface area contributed by atoms with Gasteiger partial charge in [0, 0.05) is 6.54 Å². The Labute approximate surface area is 137 Å². The quantitative estimate of drug-likeness (QED) is 0.861. The molecule has 0 radical (unpaired) electrons. The monoisotopic (exact) mass is 315 g/mol. The zero-order chi connectivity index (χ0) is 17.0. The summed E-state index contributed by atoms with van der Waals surface area (Å²) in [7, 11) is 0. The molecule has 1 aromatic heterocycles. The van der Waals surface area contributed by atoms with E-state index in [2.05, 4.69) is 10.4 Å². The lowest BCUT2D eigenvalue weighted by Gasteiger charge is -2.14. The number of benzene rings is 1. The van der Waals surface area contributed by atoms with Crippen molar-refractivity contribution < 1.29 is 9.90 Å². The zero-order valence-corrected chi connectivity index (χ0v) is 14.2. The number of para-hydroxylation sites is 1. The van der Waals surface area contributed by atoms with Gasteiger partial charge in [-0.2, -0.15) is 5.10 Å². The van der Waals surface area contributed by atoms with Gasteiger partial charge >= 0.3 is 0 Å². The van der Waals surface area contributed by atoms with Gasteiger partial charge in [0.05, 0.1) is 28.7 Å². The molecule has 1 atom stereocenters. The van der Waals surface area contributed by atoms with Crippen LogP contribution in [0.15, 0.2) is 30.3 Å². The smallest absolute Gasteiger partial charge is 0.255 e. The van der Waals surface area contributed by atoms with Crippen molar-refractivity contribution in [1.29, 1.82) is 0 Å². The number of hydrogen-bond donors (Lipinski definition) is 2. The molecule has 0 saturated carbocycles. The fourth-order valence-electron chi connectivity index (χ4n) is 2.72. The molecule has 1 unspecified atom stereocenters. The molecule has 0 fully saturated rings. The average Bonchev–Trinajstić information content (AvgIpc) is 2.80. The molecule has 0 aliphatic carbocycles. The number of nitrogens with zero attached hydrogens (tertiary/aromatic N) is 2. The minimum Gasteiger partial charge on any atom is -0.391 e.